The summed E-state index contributed by atoms with van der Waals surface area (Å²) in [5.74, 6) is 1.28. The van der Waals surface area contributed by atoms with E-state index in [0.717, 1.165) is 48.9 Å². The number of halogens is 1. The molecule has 2 aromatic rings. The minimum Gasteiger partial charge on any atom is -0.385 e. The lowest BCUT2D eigenvalue weighted by Crippen LogP contribution is -2.36. The number of thioether (sulfide) groups is 1. The second-order valence-corrected chi connectivity index (χ2v) is 7.86. The van der Waals surface area contributed by atoms with Crippen LogP contribution in [0, 0.1) is 0 Å². The predicted octanol–water partition coefficient (Wildman–Crippen LogP) is 3.74. The number of likely N-dealkylation sites (tertiary alicyclic amines) is 1. The molecular formula is C19H25ClN4O2S. The monoisotopic (exact) mass is 408 g/mol. The lowest BCUT2D eigenvalue weighted by Gasteiger charge is -2.26. The molecule has 0 N–H and O–H groups in total. The molecule has 0 radical (unpaired) electrons. The van der Waals surface area contributed by atoms with Crippen molar-refractivity contribution in [2.45, 2.75) is 37.4 Å². The number of amides is 1. The molecule has 3 rings (SSSR count). The molecule has 2 heterocycles. The molecule has 1 fully saturated rings. The first kappa shape index (κ1) is 20.2. The van der Waals surface area contributed by atoms with E-state index in [4.69, 9.17) is 16.3 Å². The number of aromatic nitrogens is 3. The summed E-state index contributed by atoms with van der Waals surface area (Å²) < 4.78 is 7.22. The number of benzene rings is 1. The molecule has 6 nitrogen and oxygen atoms in total. The molecule has 0 aliphatic carbocycles. The maximum Gasteiger partial charge on any atom is 0.233 e. The van der Waals surface area contributed by atoms with Gasteiger partial charge in [0.2, 0.25) is 5.91 Å². The topological polar surface area (TPSA) is 60.2 Å². The largest absolute Gasteiger partial charge is 0.385 e. The van der Waals surface area contributed by atoms with E-state index in [-0.39, 0.29) is 5.91 Å². The van der Waals surface area contributed by atoms with Crippen LogP contribution in [-0.2, 0) is 16.1 Å². The van der Waals surface area contributed by atoms with Crippen molar-refractivity contribution in [3.05, 3.63) is 29.3 Å². The van der Waals surface area contributed by atoms with Crippen molar-refractivity contribution in [2.24, 2.45) is 0 Å². The Hall–Kier alpha value is -1.57. The van der Waals surface area contributed by atoms with E-state index in [9.17, 15) is 4.79 Å². The Morgan fingerprint density at radius 1 is 1.22 bits per heavy atom. The Bertz CT molecular complexity index is 762. The molecule has 0 unspecified atom stereocenters. The van der Waals surface area contributed by atoms with E-state index in [1.807, 2.05) is 33.7 Å². The Balaban J connectivity index is 1.75. The van der Waals surface area contributed by atoms with Crippen LogP contribution >= 0.6 is 23.4 Å². The number of hydrogen-bond donors (Lipinski definition) is 0. The van der Waals surface area contributed by atoms with Gasteiger partial charge in [-0.3, -0.25) is 4.79 Å². The summed E-state index contributed by atoms with van der Waals surface area (Å²) in [7, 11) is 1.69. The van der Waals surface area contributed by atoms with Crippen LogP contribution in [0.5, 0.6) is 0 Å². The summed E-state index contributed by atoms with van der Waals surface area (Å²) in [4.78, 5) is 14.4. The highest BCUT2D eigenvalue weighted by molar-refractivity contribution is 7.99. The van der Waals surface area contributed by atoms with Crippen LogP contribution in [0.1, 0.15) is 25.7 Å². The van der Waals surface area contributed by atoms with Crippen molar-refractivity contribution in [3.8, 4) is 11.4 Å². The summed E-state index contributed by atoms with van der Waals surface area (Å²) in [6.45, 7) is 3.09. The van der Waals surface area contributed by atoms with Gasteiger partial charge in [-0.15, -0.1) is 10.2 Å². The van der Waals surface area contributed by atoms with E-state index in [1.54, 1.807) is 7.11 Å². The first-order valence-electron chi connectivity index (χ1n) is 9.28. The van der Waals surface area contributed by atoms with Crippen molar-refractivity contribution in [3.63, 3.8) is 0 Å². The summed E-state index contributed by atoms with van der Waals surface area (Å²) in [5.41, 5.74) is 0.846. The third kappa shape index (κ3) is 5.24. The first-order chi connectivity index (χ1) is 13.2. The minimum absolute atomic E-state index is 0.172. The van der Waals surface area contributed by atoms with Crippen molar-refractivity contribution in [2.75, 3.05) is 32.6 Å². The van der Waals surface area contributed by atoms with Crippen molar-refractivity contribution in [1.82, 2.24) is 19.7 Å². The molecule has 1 aliphatic heterocycles. The van der Waals surface area contributed by atoms with Crippen LogP contribution in [0.15, 0.2) is 29.4 Å². The number of nitrogens with zero attached hydrogens (tertiary/aromatic N) is 4. The zero-order valence-electron chi connectivity index (χ0n) is 15.6. The Kier molecular flexibility index (Phi) is 7.55. The maximum atomic E-state index is 12.5. The fraction of sp³-hybridized carbons (Fsp3) is 0.526. The summed E-state index contributed by atoms with van der Waals surface area (Å²) in [6.07, 6.45) is 4.24. The molecule has 1 aliphatic rings. The van der Waals surface area contributed by atoms with Crippen LogP contribution in [0.3, 0.4) is 0 Å². The SMILES string of the molecule is COCCCn1c(SCC(=O)N2CCCCC2)nnc1-c1ccccc1Cl. The second kappa shape index (κ2) is 10.1. The molecule has 27 heavy (non-hydrogen) atoms. The number of piperidine rings is 1. The molecular weight excluding hydrogens is 384 g/mol. The number of carbonyl (C=O) groups is 1. The fourth-order valence-electron chi connectivity index (χ4n) is 3.17. The Labute approximate surface area is 169 Å². The third-order valence-electron chi connectivity index (χ3n) is 4.60. The van der Waals surface area contributed by atoms with Crippen LogP contribution in [0.25, 0.3) is 11.4 Å². The third-order valence-corrected chi connectivity index (χ3v) is 5.88. The Morgan fingerprint density at radius 3 is 2.74 bits per heavy atom. The highest BCUT2D eigenvalue weighted by Gasteiger charge is 2.20. The molecule has 1 amide bonds. The zero-order chi connectivity index (χ0) is 19.1. The van der Waals surface area contributed by atoms with Gasteiger partial charge in [-0.2, -0.15) is 0 Å². The number of carbonyl (C=O) groups excluding carboxylic acids is 1. The maximum absolute atomic E-state index is 12.5. The second-order valence-electron chi connectivity index (χ2n) is 6.51. The quantitative estimate of drug-likeness (QED) is 0.492. The summed E-state index contributed by atoms with van der Waals surface area (Å²) >= 11 is 7.80. The van der Waals surface area contributed by atoms with Crippen LogP contribution in [-0.4, -0.2) is 58.1 Å². The van der Waals surface area contributed by atoms with Crippen molar-refractivity contribution >= 4 is 29.3 Å². The van der Waals surface area contributed by atoms with Crippen LogP contribution < -0.4 is 0 Å². The van der Waals surface area contributed by atoms with E-state index < -0.39 is 0 Å². The normalized spacial score (nSPS) is 14.5. The molecule has 146 valence electrons. The van der Waals surface area contributed by atoms with Crippen LogP contribution in [0.2, 0.25) is 5.02 Å². The van der Waals surface area contributed by atoms with Crippen molar-refractivity contribution in [1.29, 1.82) is 0 Å². The van der Waals surface area contributed by atoms with Gasteiger partial charge in [0, 0.05) is 38.9 Å². The lowest BCUT2D eigenvalue weighted by molar-refractivity contribution is -0.129. The first-order valence-corrected chi connectivity index (χ1v) is 10.6. The highest BCUT2D eigenvalue weighted by atomic mass is 35.5. The lowest BCUT2D eigenvalue weighted by atomic mass is 10.1. The molecule has 1 saturated heterocycles. The molecule has 0 saturated carbocycles. The summed E-state index contributed by atoms with van der Waals surface area (Å²) in [5, 5.41) is 10.1. The predicted molar refractivity (Wildman–Crippen MR) is 108 cm³/mol. The standard InChI is InChI=1S/C19H25ClN4O2S/c1-26-13-7-12-24-18(15-8-3-4-9-16(15)20)21-22-19(24)27-14-17(25)23-10-5-2-6-11-23/h3-4,8-9H,2,5-7,10-14H2,1H3. The molecule has 0 bridgehead atoms. The van der Waals surface area contributed by atoms with Gasteiger partial charge < -0.3 is 14.2 Å². The van der Waals surface area contributed by atoms with Gasteiger partial charge >= 0.3 is 0 Å². The van der Waals surface area contributed by atoms with Gasteiger partial charge in [0.25, 0.3) is 0 Å². The average molecular weight is 409 g/mol. The highest BCUT2D eigenvalue weighted by Crippen LogP contribution is 2.29. The van der Waals surface area contributed by atoms with Gasteiger partial charge in [0.05, 0.1) is 10.8 Å². The summed E-state index contributed by atoms with van der Waals surface area (Å²) in [6, 6.07) is 7.61. The number of rotatable bonds is 8. The molecule has 1 aromatic carbocycles. The fourth-order valence-corrected chi connectivity index (χ4v) is 4.25. The zero-order valence-corrected chi connectivity index (χ0v) is 17.1. The van der Waals surface area contributed by atoms with Gasteiger partial charge in [-0.05, 0) is 37.8 Å². The number of hydrogen-bond acceptors (Lipinski definition) is 5. The van der Waals surface area contributed by atoms with Gasteiger partial charge in [0.15, 0.2) is 11.0 Å². The van der Waals surface area contributed by atoms with E-state index >= 15 is 0 Å². The average Bonchev–Trinajstić information content (AvgIpc) is 3.10. The van der Waals surface area contributed by atoms with E-state index in [1.165, 1.54) is 18.2 Å². The molecule has 1 aromatic heterocycles. The molecule has 0 spiro atoms. The van der Waals surface area contributed by atoms with Crippen LogP contribution in [0.4, 0.5) is 0 Å². The minimum atomic E-state index is 0.172. The molecule has 0 atom stereocenters. The smallest absolute Gasteiger partial charge is 0.233 e. The number of ether oxygens (including phenoxy) is 1. The van der Waals surface area contributed by atoms with Crippen molar-refractivity contribution < 1.29 is 9.53 Å². The van der Waals surface area contributed by atoms with E-state index in [0.29, 0.717) is 23.9 Å². The van der Waals surface area contributed by atoms with E-state index in [2.05, 4.69) is 10.2 Å². The number of methoxy groups -OCH3 is 1. The molecule has 8 heteroatoms. The Morgan fingerprint density at radius 2 is 2.00 bits per heavy atom. The van der Waals surface area contributed by atoms with Gasteiger partial charge in [0.1, 0.15) is 0 Å². The van der Waals surface area contributed by atoms with Gasteiger partial charge in [-0.1, -0.05) is 35.5 Å². The van der Waals surface area contributed by atoms with Gasteiger partial charge in [-0.25, -0.2) is 0 Å².